The quantitative estimate of drug-likeness (QED) is 0.848. The highest BCUT2D eigenvalue weighted by Gasteiger charge is 2.07. The minimum absolute atomic E-state index is 0.213. The number of carbonyl (C=O) groups is 1. The van der Waals surface area contributed by atoms with Crippen molar-refractivity contribution in [1.82, 2.24) is 0 Å². The zero-order valence-corrected chi connectivity index (χ0v) is 9.48. The van der Waals surface area contributed by atoms with Crippen molar-refractivity contribution in [3.8, 4) is 0 Å². The summed E-state index contributed by atoms with van der Waals surface area (Å²) < 4.78 is 12.9. The van der Waals surface area contributed by atoms with Gasteiger partial charge in [-0.05, 0) is 31.2 Å². The number of hydrogen-bond acceptors (Lipinski definition) is 2. The van der Waals surface area contributed by atoms with Crippen molar-refractivity contribution in [2.45, 2.75) is 6.92 Å². The zero-order valence-electron chi connectivity index (χ0n) is 8.66. The van der Waals surface area contributed by atoms with Crippen molar-refractivity contribution in [1.29, 1.82) is 0 Å². The van der Waals surface area contributed by atoms with Gasteiger partial charge >= 0.3 is 0 Å². The monoisotopic (exact) mass is 235 g/mol. The van der Waals surface area contributed by atoms with Gasteiger partial charge in [0, 0.05) is 15.9 Å². The molecule has 0 aliphatic rings. The van der Waals surface area contributed by atoms with Crippen LogP contribution in [0.25, 0.3) is 0 Å². The second-order valence-corrected chi connectivity index (χ2v) is 4.53. The Hall–Kier alpha value is -1.68. The van der Waals surface area contributed by atoms with Gasteiger partial charge in [-0.15, -0.1) is 11.3 Å². The second-order valence-electron chi connectivity index (χ2n) is 3.41. The van der Waals surface area contributed by atoms with E-state index in [4.69, 9.17) is 0 Å². The van der Waals surface area contributed by atoms with Gasteiger partial charge in [0.05, 0.1) is 5.56 Å². The largest absolute Gasteiger partial charge is 0.322 e. The third kappa shape index (κ3) is 2.46. The molecular formula is C12H10FNOS. The van der Waals surface area contributed by atoms with Gasteiger partial charge in [-0.25, -0.2) is 4.39 Å². The molecule has 2 nitrogen and oxygen atoms in total. The third-order valence-corrected chi connectivity index (χ3v) is 2.94. The molecule has 0 unspecified atom stereocenters. The highest BCUT2D eigenvalue weighted by Crippen LogP contribution is 2.15. The number of hydrogen-bond donors (Lipinski definition) is 1. The number of thiophene rings is 1. The number of amides is 1. The topological polar surface area (TPSA) is 29.1 Å². The van der Waals surface area contributed by atoms with Gasteiger partial charge in [-0.1, -0.05) is 6.07 Å². The van der Waals surface area contributed by atoms with E-state index >= 15 is 0 Å². The Bertz CT molecular complexity index is 521. The average Bonchev–Trinajstić information content (AvgIpc) is 2.65. The van der Waals surface area contributed by atoms with Crippen LogP contribution in [0.3, 0.4) is 0 Å². The van der Waals surface area contributed by atoms with Gasteiger partial charge in [0.2, 0.25) is 0 Å². The minimum Gasteiger partial charge on any atom is -0.322 e. The van der Waals surface area contributed by atoms with E-state index in [1.54, 1.807) is 23.6 Å². The molecule has 0 aliphatic heterocycles. The summed E-state index contributed by atoms with van der Waals surface area (Å²) in [5.41, 5.74) is 1.07. The molecule has 0 saturated carbocycles. The first-order chi connectivity index (χ1) is 7.65. The fourth-order valence-electron chi connectivity index (χ4n) is 1.33. The number of benzene rings is 1. The number of rotatable bonds is 2. The van der Waals surface area contributed by atoms with E-state index in [1.807, 2.05) is 6.92 Å². The van der Waals surface area contributed by atoms with Gasteiger partial charge in [0.15, 0.2) is 0 Å². The van der Waals surface area contributed by atoms with Crippen LogP contribution in [0.1, 0.15) is 15.2 Å². The molecule has 16 heavy (non-hydrogen) atoms. The number of aryl methyl sites for hydroxylation is 1. The lowest BCUT2D eigenvalue weighted by Gasteiger charge is -2.03. The first-order valence-corrected chi connectivity index (χ1v) is 5.65. The lowest BCUT2D eigenvalue weighted by molar-refractivity contribution is 0.102. The first kappa shape index (κ1) is 10.8. The van der Waals surface area contributed by atoms with E-state index in [9.17, 15) is 9.18 Å². The van der Waals surface area contributed by atoms with E-state index in [2.05, 4.69) is 5.32 Å². The van der Waals surface area contributed by atoms with Crippen molar-refractivity contribution >= 4 is 22.9 Å². The van der Waals surface area contributed by atoms with E-state index < -0.39 is 0 Å². The normalized spacial score (nSPS) is 10.1. The first-order valence-electron chi connectivity index (χ1n) is 4.77. The smallest absolute Gasteiger partial charge is 0.256 e. The molecule has 0 radical (unpaired) electrons. The van der Waals surface area contributed by atoms with Crippen LogP contribution < -0.4 is 5.32 Å². The molecule has 1 N–H and O–H groups in total. The zero-order chi connectivity index (χ0) is 11.5. The van der Waals surface area contributed by atoms with Crippen LogP contribution in [0.2, 0.25) is 0 Å². The van der Waals surface area contributed by atoms with E-state index in [0.29, 0.717) is 11.3 Å². The summed E-state index contributed by atoms with van der Waals surface area (Å²) in [6, 6.07) is 7.64. The molecule has 82 valence electrons. The lowest BCUT2D eigenvalue weighted by atomic mass is 10.2. The summed E-state index contributed by atoms with van der Waals surface area (Å²) in [6.07, 6.45) is 0. The predicted octanol–water partition coefficient (Wildman–Crippen LogP) is 3.45. The Kier molecular flexibility index (Phi) is 3.01. The van der Waals surface area contributed by atoms with Crippen molar-refractivity contribution in [3.05, 3.63) is 52.0 Å². The van der Waals surface area contributed by atoms with Crippen LogP contribution in [0.4, 0.5) is 10.1 Å². The highest BCUT2D eigenvalue weighted by molar-refractivity contribution is 7.10. The molecule has 0 atom stereocenters. The van der Waals surface area contributed by atoms with E-state index in [1.165, 1.54) is 23.5 Å². The van der Waals surface area contributed by atoms with Crippen LogP contribution in [0, 0.1) is 12.7 Å². The minimum atomic E-state index is -0.362. The van der Waals surface area contributed by atoms with Gasteiger partial charge in [-0.2, -0.15) is 0 Å². The Morgan fingerprint density at radius 1 is 1.38 bits per heavy atom. The second kappa shape index (κ2) is 4.45. The SMILES string of the molecule is Cc1cc(C(=O)Nc2cccc(F)c2)cs1. The number of halogens is 1. The van der Waals surface area contributed by atoms with Crippen molar-refractivity contribution in [3.63, 3.8) is 0 Å². The predicted molar refractivity (Wildman–Crippen MR) is 63.4 cm³/mol. The molecule has 2 rings (SSSR count). The van der Waals surface area contributed by atoms with Gasteiger partial charge in [0.1, 0.15) is 5.82 Å². The summed E-state index contributed by atoms with van der Waals surface area (Å²) >= 11 is 1.51. The van der Waals surface area contributed by atoms with Crippen LogP contribution in [0.5, 0.6) is 0 Å². The van der Waals surface area contributed by atoms with E-state index in [-0.39, 0.29) is 11.7 Å². The van der Waals surface area contributed by atoms with Gasteiger partial charge in [0.25, 0.3) is 5.91 Å². The molecule has 1 aromatic carbocycles. The Morgan fingerprint density at radius 3 is 2.81 bits per heavy atom. The summed E-state index contributed by atoms with van der Waals surface area (Å²) in [4.78, 5) is 12.8. The summed E-state index contributed by atoms with van der Waals surface area (Å²) in [6.45, 7) is 1.93. The fraction of sp³-hybridized carbons (Fsp3) is 0.0833. The maximum atomic E-state index is 12.9. The fourth-order valence-corrected chi connectivity index (χ4v) is 2.01. The maximum Gasteiger partial charge on any atom is 0.256 e. The number of anilines is 1. The average molecular weight is 235 g/mol. The summed E-state index contributed by atoms with van der Waals surface area (Å²) in [7, 11) is 0. The Morgan fingerprint density at radius 2 is 2.19 bits per heavy atom. The molecule has 2 aromatic rings. The Balaban J connectivity index is 2.13. The Labute approximate surface area is 96.7 Å². The lowest BCUT2D eigenvalue weighted by Crippen LogP contribution is -2.10. The molecule has 0 saturated heterocycles. The van der Waals surface area contributed by atoms with Gasteiger partial charge in [-0.3, -0.25) is 4.79 Å². The van der Waals surface area contributed by atoms with E-state index in [0.717, 1.165) is 4.88 Å². The molecule has 0 spiro atoms. The molecule has 0 aliphatic carbocycles. The number of carbonyl (C=O) groups excluding carboxylic acids is 1. The molecule has 1 amide bonds. The molecule has 0 bridgehead atoms. The molecule has 4 heteroatoms. The van der Waals surface area contributed by atoms with Crippen molar-refractivity contribution in [2.24, 2.45) is 0 Å². The molecule has 1 aromatic heterocycles. The summed E-state index contributed by atoms with van der Waals surface area (Å²) in [5.74, 6) is -0.575. The van der Waals surface area contributed by atoms with Crippen LogP contribution in [0.15, 0.2) is 35.7 Å². The van der Waals surface area contributed by atoms with Gasteiger partial charge < -0.3 is 5.32 Å². The van der Waals surface area contributed by atoms with Crippen LogP contribution in [-0.4, -0.2) is 5.91 Å². The molecular weight excluding hydrogens is 225 g/mol. The number of nitrogens with one attached hydrogen (secondary N) is 1. The standard InChI is InChI=1S/C12H10FNOS/c1-8-5-9(7-16-8)12(15)14-11-4-2-3-10(13)6-11/h2-7H,1H3,(H,14,15). The van der Waals surface area contributed by atoms with Crippen molar-refractivity contribution in [2.75, 3.05) is 5.32 Å². The molecule has 1 heterocycles. The summed E-state index contributed by atoms with van der Waals surface area (Å²) in [5, 5.41) is 4.42. The highest BCUT2D eigenvalue weighted by atomic mass is 32.1. The van der Waals surface area contributed by atoms with Crippen LogP contribution >= 0.6 is 11.3 Å². The maximum absolute atomic E-state index is 12.9. The molecule has 0 fully saturated rings. The third-order valence-electron chi connectivity index (χ3n) is 2.08. The van der Waals surface area contributed by atoms with Crippen LogP contribution in [-0.2, 0) is 0 Å². The van der Waals surface area contributed by atoms with Crippen molar-refractivity contribution < 1.29 is 9.18 Å².